The average Bonchev–Trinajstić information content (AvgIpc) is 3.43. The lowest BCUT2D eigenvalue weighted by Crippen LogP contribution is -2.30. The summed E-state index contributed by atoms with van der Waals surface area (Å²) in [7, 11) is 0. The van der Waals surface area contributed by atoms with Crippen LogP contribution in [-0.2, 0) is 28.6 Å². The second kappa shape index (κ2) is 64.9. The van der Waals surface area contributed by atoms with Crippen molar-refractivity contribution in [1.82, 2.24) is 0 Å². The van der Waals surface area contributed by atoms with Crippen LogP contribution in [-0.4, -0.2) is 37.2 Å². The molecule has 0 N–H and O–H groups in total. The number of rotatable bonds is 59. The molecule has 0 aromatic carbocycles. The Hall–Kier alpha value is -3.67. The van der Waals surface area contributed by atoms with Gasteiger partial charge in [-0.05, 0) is 122 Å². The van der Waals surface area contributed by atoms with Gasteiger partial charge in [-0.15, -0.1) is 0 Å². The number of unbranched alkanes of at least 4 members (excludes halogenated alkanes) is 32. The van der Waals surface area contributed by atoms with Crippen molar-refractivity contribution in [3.8, 4) is 0 Å². The fourth-order valence-electron chi connectivity index (χ4n) is 9.14. The quantitative estimate of drug-likeness (QED) is 0.0261. The predicted octanol–water partition coefficient (Wildman–Crippen LogP) is 22.4. The van der Waals surface area contributed by atoms with E-state index in [4.69, 9.17) is 14.2 Å². The van der Waals surface area contributed by atoms with Crippen molar-refractivity contribution in [2.45, 2.75) is 322 Å². The first-order valence-electron chi connectivity index (χ1n) is 32.7. The molecule has 0 aromatic rings. The predicted molar refractivity (Wildman–Crippen MR) is 334 cm³/mol. The molecule has 0 rings (SSSR count). The zero-order valence-electron chi connectivity index (χ0n) is 50.7. The van der Waals surface area contributed by atoms with Crippen molar-refractivity contribution in [2.75, 3.05) is 13.2 Å². The van der Waals surface area contributed by atoms with Crippen molar-refractivity contribution in [3.63, 3.8) is 0 Å². The van der Waals surface area contributed by atoms with Gasteiger partial charge in [-0.1, -0.05) is 272 Å². The summed E-state index contributed by atoms with van der Waals surface area (Å²) in [6.45, 7) is 6.51. The van der Waals surface area contributed by atoms with Crippen LogP contribution in [0, 0.1) is 0 Å². The zero-order chi connectivity index (χ0) is 55.7. The lowest BCUT2D eigenvalue weighted by Gasteiger charge is -2.18. The van der Waals surface area contributed by atoms with Crippen molar-refractivity contribution < 1.29 is 28.6 Å². The van der Waals surface area contributed by atoms with Gasteiger partial charge in [0.1, 0.15) is 13.2 Å². The fraction of sp³-hybridized carbons (Fsp3) is 0.732. The normalized spacial score (nSPS) is 12.7. The van der Waals surface area contributed by atoms with Crippen LogP contribution in [0.25, 0.3) is 0 Å². The molecule has 0 bridgehead atoms. The van der Waals surface area contributed by atoms with Gasteiger partial charge >= 0.3 is 17.9 Å². The van der Waals surface area contributed by atoms with Crippen LogP contribution < -0.4 is 0 Å². The smallest absolute Gasteiger partial charge is 0.306 e. The molecule has 1 unspecified atom stereocenters. The number of allylic oxidation sites excluding steroid dienone is 16. The van der Waals surface area contributed by atoms with Gasteiger partial charge in [-0.25, -0.2) is 0 Å². The molecule has 1 atom stereocenters. The van der Waals surface area contributed by atoms with Crippen molar-refractivity contribution >= 4 is 17.9 Å². The topological polar surface area (TPSA) is 78.9 Å². The lowest BCUT2D eigenvalue weighted by molar-refractivity contribution is -0.167. The van der Waals surface area contributed by atoms with Crippen LogP contribution in [0.4, 0.5) is 0 Å². The second-order valence-corrected chi connectivity index (χ2v) is 21.6. The molecule has 0 aliphatic rings. The summed E-state index contributed by atoms with van der Waals surface area (Å²) in [4.78, 5) is 38.4. The van der Waals surface area contributed by atoms with Crippen LogP contribution in [0.5, 0.6) is 0 Å². The first kappa shape index (κ1) is 73.3. The Labute approximate surface area is 477 Å². The Balaban J connectivity index is 4.37. The molecule has 0 amide bonds. The van der Waals surface area contributed by atoms with Gasteiger partial charge < -0.3 is 14.2 Å². The molecular formula is C71H122O6. The zero-order valence-corrected chi connectivity index (χ0v) is 50.7. The van der Waals surface area contributed by atoms with E-state index in [0.29, 0.717) is 19.3 Å². The summed E-state index contributed by atoms with van der Waals surface area (Å²) in [5.74, 6) is -0.891. The minimum atomic E-state index is -0.788. The van der Waals surface area contributed by atoms with Crippen LogP contribution in [0.2, 0.25) is 0 Å². The van der Waals surface area contributed by atoms with Crippen molar-refractivity contribution in [1.29, 1.82) is 0 Å². The summed E-state index contributed by atoms with van der Waals surface area (Å²) < 4.78 is 16.9. The van der Waals surface area contributed by atoms with Crippen LogP contribution >= 0.6 is 0 Å². The molecule has 0 fully saturated rings. The molecule has 0 spiro atoms. The van der Waals surface area contributed by atoms with Crippen molar-refractivity contribution in [2.24, 2.45) is 0 Å². The first-order chi connectivity index (χ1) is 38.0. The molecule has 0 heterocycles. The van der Waals surface area contributed by atoms with E-state index < -0.39 is 6.10 Å². The van der Waals surface area contributed by atoms with Gasteiger partial charge in [0.2, 0.25) is 0 Å². The highest BCUT2D eigenvalue weighted by Gasteiger charge is 2.19. The summed E-state index contributed by atoms with van der Waals surface area (Å²) in [6, 6.07) is 0. The third kappa shape index (κ3) is 63.0. The molecule has 0 aromatic heterocycles. The van der Waals surface area contributed by atoms with Crippen LogP contribution in [0.1, 0.15) is 316 Å². The maximum absolute atomic E-state index is 12.9. The number of carbonyl (C=O) groups excluding carboxylic acids is 3. The van der Waals surface area contributed by atoms with E-state index in [2.05, 4.69) is 118 Å². The van der Waals surface area contributed by atoms with Gasteiger partial charge in [0.05, 0.1) is 0 Å². The van der Waals surface area contributed by atoms with E-state index in [9.17, 15) is 14.4 Å². The highest BCUT2D eigenvalue weighted by atomic mass is 16.6. The van der Waals surface area contributed by atoms with Gasteiger partial charge in [-0.2, -0.15) is 0 Å². The molecule has 442 valence electrons. The standard InChI is InChI=1S/C71H122O6/c1-4-7-10-13-16-19-22-25-28-31-32-33-34-35-36-37-38-41-43-46-49-52-55-58-61-64-70(73)76-67-68(77-71(74)65-62-59-56-53-50-47-44-40-30-27-24-21-18-15-12-9-6-3)66-75-69(72)63-60-57-54-51-48-45-42-39-29-26-23-20-17-14-11-8-5-2/h7,10,16,18-19,21,25-30,32-33,35-36,68H,4-6,8-9,11-15,17,20,22-24,31,34,37-67H2,1-3H3/b10-7-,19-16-,21-18-,28-25-,29-26-,30-27-,33-32-,36-35-. The summed E-state index contributed by atoms with van der Waals surface area (Å²) >= 11 is 0. The molecule has 0 aliphatic heterocycles. The van der Waals surface area contributed by atoms with Gasteiger partial charge in [0.15, 0.2) is 6.10 Å². The van der Waals surface area contributed by atoms with Crippen LogP contribution in [0.15, 0.2) is 97.2 Å². The number of esters is 3. The summed E-state index contributed by atoms with van der Waals surface area (Å²) in [6.07, 6.45) is 86.9. The van der Waals surface area contributed by atoms with E-state index in [-0.39, 0.29) is 31.1 Å². The number of carbonyl (C=O) groups is 3. The fourth-order valence-corrected chi connectivity index (χ4v) is 9.14. The molecule has 6 heteroatoms. The molecule has 77 heavy (non-hydrogen) atoms. The average molecular weight is 1070 g/mol. The highest BCUT2D eigenvalue weighted by Crippen LogP contribution is 2.16. The van der Waals surface area contributed by atoms with E-state index >= 15 is 0 Å². The minimum Gasteiger partial charge on any atom is -0.462 e. The Morgan fingerprint density at radius 1 is 0.273 bits per heavy atom. The second-order valence-electron chi connectivity index (χ2n) is 21.6. The highest BCUT2D eigenvalue weighted by molar-refractivity contribution is 5.71. The van der Waals surface area contributed by atoms with E-state index in [1.807, 2.05) is 0 Å². The third-order valence-corrected chi connectivity index (χ3v) is 14.0. The van der Waals surface area contributed by atoms with E-state index in [0.717, 1.165) is 109 Å². The number of ether oxygens (including phenoxy) is 3. The van der Waals surface area contributed by atoms with E-state index in [1.54, 1.807) is 0 Å². The third-order valence-electron chi connectivity index (χ3n) is 14.0. The van der Waals surface area contributed by atoms with Gasteiger partial charge in [-0.3, -0.25) is 14.4 Å². The molecule has 6 nitrogen and oxygen atoms in total. The molecule has 0 saturated carbocycles. The number of hydrogen-bond acceptors (Lipinski definition) is 6. The SMILES string of the molecule is CC/C=C\C/C=C\C/C=C\C/C=C\C/C=C\CCCCCCCCCCCC(=O)OCC(COC(=O)CCCCCCCCC/C=C\CCCCCCCC)OC(=O)CCCCCCCCC/C=C\C/C=C\CCCCC. The van der Waals surface area contributed by atoms with Crippen molar-refractivity contribution in [3.05, 3.63) is 97.2 Å². The Morgan fingerprint density at radius 2 is 0.506 bits per heavy atom. The van der Waals surface area contributed by atoms with Crippen LogP contribution in [0.3, 0.4) is 0 Å². The van der Waals surface area contributed by atoms with Gasteiger partial charge in [0, 0.05) is 19.3 Å². The molecule has 0 aliphatic carbocycles. The van der Waals surface area contributed by atoms with Gasteiger partial charge in [0.25, 0.3) is 0 Å². The summed E-state index contributed by atoms with van der Waals surface area (Å²) in [5.41, 5.74) is 0. The lowest BCUT2D eigenvalue weighted by atomic mass is 10.1. The Bertz CT molecular complexity index is 1510. The summed E-state index contributed by atoms with van der Waals surface area (Å²) in [5, 5.41) is 0. The maximum atomic E-state index is 12.9. The largest absolute Gasteiger partial charge is 0.462 e. The number of hydrogen-bond donors (Lipinski definition) is 0. The molecular weight excluding hydrogens is 949 g/mol. The monoisotopic (exact) mass is 1070 g/mol. The van der Waals surface area contributed by atoms with E-state index in [1.165, 1.54) is 167 Å². The Morgan fingerprint density at radius 3 is 0.831 bits per heavy atom. The molecule has 0 saturated heterocycles. The Kier molecular flexibility index (Phi) is 61.8. The first-order valence-corrected chi connectivity index (χ1v) is 32.7. The maximum Gasteiger partial charge on any atom is 0.306 e. The molecule has 0 radical (unpaired) electrons. The minimum absolute atomic E-state index is 0.0838.